The summed E-state index contributed by atoms with van der Waals surface area (Å²) in [6.45, 7) is 6.53. The summed E-state index contributed by atoms with van der Waals surface area (Å²) in [6, 6.07) is 12.1. The summed E-state index contributed by atoms with van der Waals surface area (Å²) in [7, 11) is 0. The van der Waals surface area contributed by atoms with Gasteiger partial charge in [0.05, 0.1) is 24.4 Å². The van der Waals surface area contributed by atoms with E-state index in [0.29, 0.717) is 19.3 Å². The molecule has 2 atom stereocenters. The van der Waals surface area contributed by atoms with Gasteiger partial charge in [-0.05, 0) is 62.0 Å². The molecule has 174 valence electrons. The quantitative estimate of drug-likeness (QED) is 0.632. The fourth-order valence-electron chi connectivity index (χ4n) is 5.37. The highest BCUT2D eigenvalue weighted by Crippen LogP contribution is 2.34. The molecule has 0 radical (unpaired) electrons. The first-order chi connectivity index (χ1) is 15.6. The van der Waals surface area contributed by atoms with E-state index in [1.165, 1.54) is 12.8 Å². The second-order valence-corrected chi connectivity index (χ2v) is 9.77. The van der Waals surface area contributed by atoms with Crippen molar-refractivity contribution in [3.05, 3.63) is 53.9 Å². The lowest BCUT2D eigenvalue weighted by Gasteiger charge is -2.41. The van der Waals surface area contributed by atoms with Crippen molar-refractivity contribution < 1.29 is 9.53 Å². The van der Waals surface area contributed by atoms with Crippen LogP contribution in [0.25, 0.3) is 0 Å². The highest BCUT2D eigenvalue weighted by molar-refractivity contribution is 5.74. The van der Waals surface area contributed by atoms with E-state index < -0.39 is 0 Å². The SMILES string of the molecule is CC(C)C1CCC(OCC2C(c3cc[nH]n3)CCCN2C(=O)NCc2ccccc2)CC1. The Morgan fingerprint density at radius 2 is 1.94 bits per heavy atom. The van der Waals surface area contributed by atoms with Crippen LogP contribution in [0.4, 0.5) is 4.79 Å². The smallest absolute Gasteiger partial charge is 0.318 e. The van der Waals surface area contributed by atoms with Gasteiger partial charge in [0.25, 0.3) is 0 Å². The highest BCUT2D eigenvalue weighted by atomic mass is 16.5. The Bertz CT molecular complexity index is 816. The van der Waals surface area contributed by atoms with Crippen molar-refractivity contribution in [1.29, 1.82) is 0 Å². The predicted octanol–water partition coefficient (Wildman–Crippen LogP) is 5.10. The number of aromatic amines is 1. The number of ether oxygens (including phenoxy) is 1. The van der Waals surface area contributed by atoms with Crippen molar-refractivity contribution in [2.45, 2.75) is 77.0 Å². The summed E-state index contributed by atoms with van der Waals surface area (Å²) >= 11 is 0. The molecule has 2 unspecified atom stereocenters. The molecule has 1 aromatic heterocycles. The van der Waals surface area contributed by atoms with E-state index in [2.05, 4.69) is 29.4 Å². The largest absolute Gasteiger partial charge is 0.376 e. The third-order valence-electron chi connectivity index (χ3n) is 7.39. The molecule has 1 aliphatic heterocycles. The highest BCUT2D eigenvalue weighted by Gasteiger charge is 2.37. The second kappa shape index (κ2) is 11.0. The van der Waals surface area contributed by atoms with E-state index in [9.17, 15) is 4.79 Å². The predicted molar refractivity (Wildman–Crippen MR) is 126 cm³/mol. The fourth-order valence-corrected chi connectivity index (χ4v) is 5.37. The van der Waals surface area contributed by atoms with Crippen LogP contribution in [-0.2, 0) is 11.3 Å². The molecule has 1 saturated heterocycles. The molecular formula is C26H38N4O2. The molecule has 2 fully saturated rings. The Hall–Kier alpha value is -2.34. The lowest BCUT2D eigenvalue weighted by atomic mass is 9.80. The zero-order valence-corrected chi connectivity index (χ0v) is 19.5. The van der Waals surface area contributed by atoms with Gasteiger partial charge in [0.2, 0.25) is 0 Å². The second-order valence-electron chi connectivity index (χ2n) is 9.77. The van der Waals surface area contributed by atoms with Crippen LogP contribution in [0.3, 0.4) is 0 Å². The molecule has 1 aromatic carbocycles. The van der Waals surface area contributed by atoms with E-state index in [-0.39, 0.29) is 18.0 Å². The van der Waals surface area contributed by atoms with Gasteiger partial charge in [0.1, 0.15) is 0 Å². The molecular weight excluding hydrogens is 400 g/mol. The lowest BCUT2D eigenvalue weighted by molar-refractivity contribution is -0.0239. The first-order valence-corrected chi connectivity index (χ1v) is 12.3. The molecule has 1 aliphatic carbocycles. The van der Waals surface area contributed by atoms with Crippen LogP contribution < -0.4 is 5.32 Å². The van der Waals surface area contributed by atoms with Gasteiger partial charge in [0, 0.05) is 25.2 Å². The van der Waals surface area contributed by atoms with E-state index in [1.807, 2.05) is 47.5 Å². The molecule has 6 nitrogen and oxygen atoms in total. The first-order valence-electron chi connectivity index (χ1n) is 12.3. The van der Waals surface area contributed by atoms with Crippen LogP contribution >= 0.6 is 0 Å². The number of benzene rings is 1. The average molecular weight is 439 g/mol. The Balaban J connectivity index is 1.40. The number of likely N-dealkylation sites (tertiary alicyclic amines) is 1. The number of nitrogens with zero attached hydrogens (tertiary/aromatic N) is 2. The van der Waals surface area contributed by atoms with Gasteiger partial charge in [-0.2, -0.15) is 5.10 Å². The number of carbonyl (C=O) groups is 1. The summed E-state index contributed by atoms with van der Waals surface area (Å²) in [6.07, 6.45) is 8.93. The molecule has 2 N–H and O–H groups in total. The molecule has 2 aliphatic rings. The first kappa shape index (κ1) is 22.8. The lowest BCUT2D eigenvalue weighted by Crippen LogP contribution is -2.53. The Morgan fingerprint density at radius 3 is 2.62 bits per heavy atom. The zero-order chi connectivity index (χ0) is 22.3. The number of H-pyrrole nitrogens is 1. The number of carbonyl (C=O) groups excluding carboxylic acids is 1. The molecule has 0 bridgehead atoms. The Morgan fingerprint density at radius 1 is 1.16 bits per heavy atom. The number of piperidine rings is 1. The minimum atomic E-state index is -0.00814. The van der Waals surface area contributed by atoms with Crippen LogP contribution in [-0.4, -0.2) is 46.4 Å². The number of hydrogen-bond donors (Lipinski definition) is 2. The summed E-state index contributed by atoms with van der Waals surface area (Å²) in [5, 5.41) is 10.5. The standard InChI is InChI=1S/C26H38N4O2/c1-19(2)21-10-12-22(13-11-21)32-18-25-23(24-14-15-28-29-24)9-6-16-30(25)26(31)27-17-20-7-4-3-5-8-20/h3-5,7-8,14-15,19,21-23,25H,6,9-13,16-18H2,1-2H3,(H,27,31)(H,28,29). The average Bonchev–Trinajstić information content (AvgIpc) is 3.37. The van der Waals surface area contributed by atoms with Crippen molar-refractivity contribution in [3.8, 4) is 0 Å². The molecule has 4 rings (SSSR count). The van der Waals surface area contributed by atoms with Gasteiger partial charge in [-0.15, -0.1) is 0 Å². The Labute approximate surface area is 192 Å². The van der Waals surface area contributed by atoms with E-state index >= 15 is 0 Å². The van der Waals surface area contributed by atoms with Crippen LogP contribution in [0, 0.1) is 11.8 Å². The van der Waals surface area contributed by atoms with Gasteiger partial charge in [-0.25, -0.2) is 4.79 Å². The summed E-state index contributed by atoms with van der Waals surface area (Å²) in [5.74, 6) is 1.77. The van der Waals surface area contributed by atoms with Gasteiger partial charge in [-0.3, -0.25) is 5.10 Å². The molecule has 2 amide bonds. The fraction of sp³-hybridized carbons (Fsp3) is 0.615. The van der Waals surface area contributed by atoms with Crippen LogP contribution in [0.1, 0.15) is 69.5 Å². The molecule has 32 heavy (non-hydrogen) atoms. The van der Waals surface area contributed by atoms with E-state index in [4.69, 9.17) is 4.74 Å². The molecule has 6 heteroatoms. The van der Waals surface area contributed by atoms with Gasteiger partial charge in [-0.1, -0.05) is 44.2 Å². The van der Waals surface area contributed by atoms with Gasteiger partial charge in [0.15, 0.2) is 0 Å². The topological polar surface area (TPSA) is 70.2 Å². The molecule has 2 aromatic rings. The summed E-state index contributed by atoms with van der Waals surface area (Å²) in [5.41, 5.74) is 2.14. The van der Waals surface area contributed by atoms with Crippen LogP contribution in [0.2, 0.25) is 0 Å². The van der Waals surface area contributed by atoms with Crippen molar-refractivity contribution in [1.82, 2.24) is 20.4 Å². The van der Waals surface area contributed by atoms with Crippen molar-refractivity contribution in [2.75, 3.05) is 13.2 Å². The molecule has 0 spiro atoms. The molecule has 1 saturated carbocycles. The number of nitrogens with one attached hydrogen (secondary N) is 2. The maximum Gasteiger partial charge on any atom is 0.318 e. The van der Waals surface area contributed by atoms with E-state index in [1.54, 1.807) is 0 Å². The summed E-state index contributed by atoms with van der Waals surface area (Å²) < 4.78 is 6.46. The maximum atomic E-state index is 13.2. The number of urea groups is 1. The third kappa shape index (κ3) is 5.71. The zero-order valence-electron chi connectivity index (χ0n) is 19.5. The number of hydrogen-bond acceptors (Lipinski definition) is 3. The number of rotatable bonds is 7. The monoisotopic (exact) mass is 438 g/mol. The summed E-state index contributed by atoms with van der Waals surface area (Å²) in [4.78, 5) is 15.2. The van der Waals surface area contributed by atoms with Crippen LogP contribution in [0.15, 0.2) is 42.6 Å². The van der Waals surface area contributed by atoms with Crippen LogP contribution in [0.5, 0.6) is 0 Å². The Kier molecular flexibility index (Phi) is 7.85. The van der Waals surface area contributed by atoms with Crippen molar-refractivity contribution in [2.24, 2.45) is 11.8 Å². The number of amides is 2. The minimum Gasteiger partial charge on any atom is -0.376 e. The molecule has 2 heterocycles. The van der Waals surface area contributed by atoms with E-state index in [0.717, 1.165) is 55.3 Å². The van der Waals surface area contributed by atoms with Crippen molar-refractivity contribution >= 4 is 6.03 Å². The normalized spacial score (nSPS) is 26.3. The van der Waals surface area contributed by atoms with Gasteiger partial charge >= 0.3 is 6.03 Å². The maximum absolute atomic E-state index is 13.2. The van der Waals surface area contributed by atoms with Crippen molar-refractivity contribution in [3.63, 3.8) is 0 Å². The third-order valence-corrected chi connectivity index (χ3v) is 7.39. The van der Waals surface area contributed by atoms with Gasteiger partial charge < -0.3 is 15.0 Å². The number of aromatic nitrogens is 2. The minimum absolute atomic E-state index is 0.00523.